The highest BCUT2D eigenvalue weighted by Crippen LogP contribution is 2.28. The predicted octanol–water partition coefficient (Wildman–Crippen LogP) is 3.13. The standard InChI is InChI=1S/C18H25N3O3/c1-14-12-16(5-6-17(14)21(23)24)19-10-7-15(8-11-19)13-20-9-3-2-4-18(20)22/h5-6,12,15H,2-4,7-11,13H2,1H3. The van der Waals surface area contributed by atoms with Gasteiger partial charge < -0.3 is 9.80 Å². The normalized spacial score (nSPS) is 19.6. The first-order valence-electron chi connectivity index (χ1n) is 8.82. The summed E-state index contributed by atoms with van der Waals surface area (Å²) < 4.78 is 0. The van der Waals surface area contributed by atoms with Gasteiger partial charge in [-0.15, -0.1) is 0 Å². The lowest BCUT2D eigenvalue weighted by atomic mass is 9.94. The Morgan fingerprint density at radius 1 is 1.21 bits per heavy atom. The molecule has 0 aromatic heterocycles. The minimum absolute atomic E-state index is 0.178. The van der Waals surface area contributed by atoms with E-state index in [1.165, 1.54) is 0 Å². The molecule has 3 rings (SSSR count). The molecule has 2 fully saturated rings. The number of anilines is 1. The van der Waals surface area contributed by atoms with Crippen molar-refractivity contribution < 1.29 is 9.72 Å². The average Bonchev–Trinajstić information content (AvgIpc) is 2.57. The Hall–Kier alpha value is -2.11. The second-order valence-electron chi connectivity index (χ2n) is 6.96. The topological polar surface area (TPSA) is 66.7 Å². The Labute approximate surface area is 142 Å². The molecule has 2 aliphatic heterocycles. The van der Waals surface area contributed by atoms with Crippen LogP contribution in [0.2, 0.25) is 0 Å². The monoisotopic (exact) mass is 331 g/mol. The molecular weight excluding hydrogens is 306 g/mol. The van der Waals surface area contributed by atoms with E-state index in [0.717, 1.165) is 57.5 Å². The van der Waals surface area contributed by atoms with Gasteiger partial charge in [-0.2, -0.15) is 0 Å². The van der Waals surface area contributed by atoms with Crippen LogP contribution in [-0.2, 0) is 4.79 Å². The summed E-state index contributed by atoms with van der Waals surface area (Å²) in [4.78, 5) is 26.9. The summed E-state index contributed by atoms with van der Waals surface area (Å²) in [5, 5.41) is 10.9. The van der Waals surface area contributed by atoms with Gasteiger partial charge in [0.2, 0.25) is 5.91 Å². The lowest BCUT2D eigenvalue weighted by Crippen LogP contribution is -2.42. The fourth-order valence-electron chi connectivity index (χ4n) is 3.78. The number of amides is 1. The predicted molar refractivity (Wildman–Crippen MR) is 93.2 cm³/mol. The van der Waals surface area contributed by atoms with Crippen molar-refractivity contribution in [1.82, 2.24) is 4.90 Å². The van der Waals surface area contributed by atoms with Gasteiger partial charge in [0.15, 0.2) is 0 Å². The van der Waals surface area contributed by atoms with Crippen molar-refractivity contribution in [3.63, 3.8) is 0 Å². The lowest BCUT2D eigenvalue weighted by Gasteiger charge is -2.37. The summed E-state index contributed by atoms with van der Waals surface area (Å²) in [6.45, 7) is 5.50. The van der Waals surface area contributed by atoms with Crippen LogP contribution >= 0.6 is 0 Å². The summed E-state index contributed by atoms with van der Waals surface area (Å²) in [5.74, 6) is 0.886. The van der Waals surface area contributed by atoms with Crippen molar-refractivity contribution in [2.24, 2.45) is 5.92 Å². The van der Waals surface area contributed by atoms with E-state index in [-0.39, 0.29) is 10.6 Å². The number of hydrogen-bond donors (Lipinski definition) is 0. The number of aryl methyl sites for hydroxylation is 1. The Morgan fingerprint density at radius 2 is 1.96 bits per heavy atom. The molecule has 1 aromatic rings. The molecule has 1 aromatic carbocycles. The number of nitro benzene ring substituents is 1. The average molecular weight is 331 g/mol. The lowest BCUT2D eigenvalue weighted by molar-refractivity contribution is -0.385. The zero-order chi connectivity index (χ0) is 17.1. The van der Waals surface area contributed by atoms with Gasteiger partial charge in [-0.25, -0.2) is 0 Å². The van der Waals surface area contributed by atoms with Crippen LogP contribution < -0.4 is 4.90 Å². The summed E-state index contributed by atoms with van der Waals surface area (Å²) in [6.07, 6.45) is 5.01. The first-order chi connectivity index (χ1) is 11.5. The highest BCUT2D eigenvalue weighted by molar-refractivity contribution is 5.76. The molecule has 0 aliphatic carbocycles. The van der Waals surface area contributed by atoms with Gasteiger partial charge in [0.25, 0.3) is 5.69 Å². The fraction of sp³-hybridized carbons (Fsp3) is 0.611. The van der Waals surface area contributed by atoms with Crippen molar-refractivity contribution in [3.05, 3.63) is 33.9 Å². The molecule has 6 nitrogen and oxygen atoms in total. The first-order valence-corrected chi connectivity index (χ1v) is 8.82. The SMILES string of the molecule is Cc1cc(N2CCC(CN3CCCCC3=O)CC2)ccc1[N+](=O)[O-]. The summed E-state index contributed by atoms with van der Waals surface area (Å²) in [7, 11) is 0. The molecule has 1 amide bonds. The van der Waals surface area contributed by atoms with Crippen molar-refractivity contribution >= 4 is 17.3 Å². The van der Waals surface area contributed by atoms with Crippen molar-refractivity contribution in [2.75, 3.05) is 31.1 Å². The Kier molecular flexibility index (Phi) is 5.02. The number of hydrogen-bond acceptors (Lipinski definition) is 4. The smallest absolute Gasteiger partial charge is 0.272 e. The van der Waals surface area contributed by atoms with Gasteiger partial charge in [0.05, 0.1) is 4.92 Å². The molecule has 0 atom stereocenters. The molecule has 0 unspecified atom stereocenters. The summed E-state index contributed by atoms with van der Waals surface area (Å²) in [5.41, 5.74) is 1.95. The number of likely N-dealkylation sites (tertiary alicyclic amines) is 1. The van der Waals surface area contributed by atoms with Crippen LogP contribution in [0.1, 0.15) is 37.7 Å². The van der Waals surface area contributed by atoms with Gasteiger partial charge in [-0.1, -0.05) is 0 Å². The number of nitro groups is 1. The third-order valence-corrected chi connectivity index (χ3v) is 5.26. The minimum Gasteiger partial charge on any atom is -0.371 e. The molecule has 0 spiro atoms. The van der Waals surface area contributed by atoms with Crippen LogP contribution in [0.15, 0.2) is 18.2 Å². The number of rotatable bonds is 4. The zero-order valence-electron chi connectivity index (χ0n) is 14.2. The van der Waals surface area contributed by atoms with Crippen LogP contribution in [-0.4, -0.2) is 41.9 Å². The van der Waals surface area contributed by atoms with Crippen LogP contribution in [0.4, 0.5) is 11.4 Å². The molecule has 0 N–H and O–H groups in total. The van der Waals surface area contributed by atoms with E-state index >= 15 is 0 Å². The molecule has 0 radical (unpaired) electrons. The number of carbonyl (C=O) groups excluding carboxylic acids is 1. The Bertz CT molecular complexity index is 624. The quantitative estimate of drug-likeness (QED) is 0.628. The number of benzene rings is 1. The van der Waals surface area contributed by atoms with Crippen molar-refractivity contribution in [2.45, 2.75) is 39.0 Å². The van der Waals surface area contributed by atoms with Gasteiger partial charge in [-0.3, -0.25) is 14.9 Å². The zero-order valence-corrected chi connectivity index (χ0v) is 14.2. The van der Waals surface area contributed by atoms with Crippen molar-refractivity contribution in [1.29, 1.82) is 0 Å². The molecule has 2 heterocycles. The highest BCUT2D eigenvalue weighted by Gasteiger charge is 2.25. The first kappa shape index (κ1) is 16.7. The van der Waals surface area contributed by atoms with Gasteiger partial charge in [0, 0.05) is 49.9 Å². The van der Waals surface area contributed by atoms with Crippen LogP contribution in [0, 0.1) is 23.0 Å². The molecule has 0 saturated carbocycles. The van der Waals surface area contributed by atoms with Crippen LogP contribution in [0.3, 0.4) is 0 Å². The van der Waals surface area contributed by atoms with Gasteiger partial charge in [0.1, 0.15) is 0 Å². The van der Waals surface area contributed by atoms with Gasteiger partial charge in [-0.05, 0) is 50.7 Å². The van der Waals surface area contributed by atoms with Gasteiger partial charge >= 0.3 is 0 Å². The molecule has 2 saturated heterocycles. The Morgan fingerprint density at radius 3 is 2.58 bits per heavy atom. The third kappa shape index (κ3) is 3.68. The van der Waals surface area contributed by atoms with E-state index < -0.39 is 0 Å². The second kappa shape index (κ2) is 7.20. The molecule has 6 heteroatoms. The number of nitrogens with zero attached hydrogens (tertiary/aromatic N) is 3. The van der Waals surface area contributed by atoms with E-state index in [2.05, 4.69) is 4.90 Å². The van der Waals surface area contributed by atoms with E-state index in [0.29, 0.717) is 23.8 Å². The highest BCUT2D eigenvalue weighted by atomic mass is 16.6. The number of piperidine rings is 2. The molecule has 0 bridgehead atoms. The molecular formula is C18H25N3O3. The number of carbonyl (C=O) groups is 1. The van der Waals surface area contributed by atoms with E-state index in [1.807, 2.05) is 17.0 Å². The summed E-state index contributed by atoms with van der Waals surface area (Å²) >= 11 is 0. The largest absolute Gasteiger partial charge is 0.371 e. The Balaban J connectivity index is 1.56. The van der Waals surface area contributed by atoms with Crippen molar-refractivity contribution in [3.8, 4) is 0 Å². The molecule has 24 heavy (non-hydrogen) atoms. The summed E-state index contributed by atoms with van der Waals surface area (Å²) in [6, 6.07) is 5.36. The molecule has 2 aliphatic rings. The maximum absolute atomic E-state index is 11.9. The third-order valence-electron chi connectivity index (χ3n) is 5.26. The second-order valence-corrected chi connectivity index (χ2v) is 6.96. The van der Waals surface area contributed by atoms with E-state index in [9.17, 15) is 14.9 Å². The van der Waals surface area contributed by atoms with E-state index in [1.54, 1.807) is 13.0 Å². The van der Waals surface area contributed by atoms with Crippen LogP contribution in [0.5, 0.6) is 0 Å². The van der Waals surface area contributed by atoms with Crippen LogP contribution in [0.25, 0.3) is 0 Å². The molecule has 130 valence electrons. The fourth-order valence-corrected chi connectivity index (χ4v) is 3.78. The van der Waals surface area contributed by atoms with E-state index in [4.69, 9.17) is 0 Å². The minimum atomic E-state index is -0.332. The maximum Gasteiger partial charge on any atom is 0.272 e. The maximum atomic E-state index is 11.9.